The molecule has 0 aliphatic carbocycles. The van der Waals surface area contributed by atoms with Crippen molar-refractivity contribution in [2.75, 3.05) is 0 Å². The van der Waals surface area contributed by atoms with Crippen LogP contribution in [0.3, 0.4) is 0 Å². The van der Waals surface area contributed by atoms with Crippen LogP contribution in [0.2, 0.25) is 0 Å². The summed E-state index contributed by atoms with van der Waals surface area (Å²) in [5.41, 5.74) is 9.29. The topological polar surface area (TPSA) is 110 Å². The quantitative estimate of drug-likeness (QED) is 0.0704. The molecule has 0 atom stereocenters. The molecular formula is C49H34O6. The number of fused-ring (bicyclic) bond motifs is 4. The first-order chi connectivity index (χ1) is 26.8. The molecule has 8 aromatic carbocycles. The normalized spacial score (nSPS) is 13.0. The average Bonchev–Trinajstić information content (AvgIpc) is 3.29. The van der Waals surface area contributed by atoms with E-state index in [9.17, 15) is 25.5 Å². The number of phenols is 5. The molecule has 0 saturated carbocycles. The molecule has 0 saturated heterocycles. The van der Waals surface area contributed by atoms with Crippen LogP contribution in [0.25, 0.3) is 77.9 Å². The van der Waals surface area contributed by atoms with Crippen LogP contribution in [0.5, 0.6) is 34.5 Å². The van der Waals surface area contributed by atoms with Gasteiger partial charge in [0.15, 0.2) is 11.5 Å². The van der Waals surface area contributed by atoms with Gasteiger partial charge in [0.05, 0.1) is 5.56 Å². The largest absolute Gasteiger partial charge is 0.504 e. The van der Waals surface area contributed by atoms with E-state index in [-0.39, 0.29) is 5.56 Å². The summed E-state index contributed by atoms with van der Waals surface area (Å²) in [6, 6.07) is 46.5. The van der Waals surface area contributed by atoms with Crippen LogP contribution < -0.4 is 4.74 Å². The lowest BCUT2D eigenvalue weighted by atomic mass is 9.85. The van der Waals surface area contributed by atoms with Crippen LogP contribution in [0.15, 0.2) is 152 Å². The molecule has 5 N–H and O–H groups in total. The third kappa shape index (κ3) is 5.51. The second kappa shape index (κ2) is 13.2. The molecule has 266 valence electrons. The molecule has 6 heteroatoms. The minimum Gasteiger partial charge on any atom is -0.504 e. The molecule has 1 aliphatic rings. The van der Waals surface area contributed by atoms with Gasteiger partial charge in [-0.1, -0.05) is 146 Å². The van der Waals surface area contributed by atoms with Crippen molar-refractivity contribution in [2.24, 2.45) is 0 Å². The average molecular weight is 719 g/mol. The summed E-state index contributed by atoms with van der Waals surface area (Å²) in [6.45, 7) is 4.25. The Morgan fingerprint density at radius 2 is 0.927 bits per heavy atom. The van der Waals surface area contributed by atoms with Gasteiger partial charge in [-0.15, -0.1) is 0 Å². The Kier molecular flexibility index (Phi) is 8.02. The molecular weight excluding hydrogens is 685 g/mol. The number of hydrogen-bond acceptors (Lipinski definition) is 6. The standard InChI is InChI=1S/C49H34O6/c1-28-34-15-3-2-11-29(34)12-9-21-36-35(20-10-22-41(36)55-28)30-23-25-31(26-24-30)42-37-16-4-6-18-39(37)43(40-19-7-5-17-38(40)42)32-13-8-14-33(27-32)44-45(50)47(52)49(54)48(53)46(44)51/h2-20,22-27,50-54H,1,21H2/b12-9-. The number of benzene rings is 8. The van der Waals surface area contributed by atoms with Crippen molar-refractivity contribution in [3.63, 3.8) is 0 Å². The summed E-state index contributed by atoms with van der Waals surface area (Å²) < 4.78 is 6.41. The van der Waals surface area contributed by atoms with E-state index in [2.05, 4.69) is 79.4 Å². The van der Waals surface area contributed by atoms with Crippen molar-refractivity contribution in [2.45, 2.75) is 6.42 Å². The first-order valence-corrected chi connectivity index (χ1v) is 17.9. The van der Waals surface area contributed by atoms with E-state index < -0.39 is 28.7 Å². The molecule has 0 unspecified atom stereocenters. The Labute approximate surface area is 317 Å². The summed E-state index contributed by atoms with van der Waals surface area (Å²) in [4.78, 5) is 0. The molecule has 0 radical (unpaired) electrons. The maximum absolute atomic E-state index is 10.7. The highest BCUT2D eigenvalue weighted by Gasteiger charge is 2.25. The number of aromatic hydroxyl groups is 5. The molecule has 6 nitrogen and oxygen atoms in total. The number of hydrogen-bond donors (Lipinski definition) is 5. The Bertz CT molecular complexity index is 2800. The van der Waals surface area contributed by atoms with E-state index in [0.29, 0.717) is 17.7 Å². The highest BCUT2D eigenvalue weighted by Crippen LogP contribution is 2.55. The number of rotatable bonds is 4. The predicted octanol–water partition coefficient (Wildman–Crippen LogP) is 11.8. The lowest BCUT2D eigenvalue weighted by molar-refractivity contribution is 0.330. The predicted molar refractivity (Wildman–Crippen MR) is 220 cm³/mol. The van der Waals surface area contributed by atoms with Gasteiger partial charge >= 0.3 is 0 Å². The SMILES string of the molecule is C=C1Oc2cccc(-c3ccc(-c4c5ccccc5c(-c5cccc(-c6c(O)c(O)c(O)c(O)c6O)c5)c5ccccc45)cc3)c2C/C=C\c2ccccc21. The van der Waals surface area contributed by atoms with E-state index >= 15 is 0 Å². The molecule has 1 aliphatic heterocycles. The molecule has 0 fully saturated rings. The number of phenolic OH excluding ortho intramolecular Hbond substituents is 5. The fourth-order valence-corrected chi connectivity index (χ4v) is 7.89. The maximum atomic E-state index is 10.7. The van der Waals surface area contributed by atoms with Crippen LogP contribution in [0.4, 0.5) is 0 Å². The minimum absolute atomic E-state index is 0.195. The lowest BCUT2D eigenvalue weighted by Crippen LogP contribution is -1.99. The second-order valence-corrected chi connectivity index (χ2v) is 13.6. The molecule has 9 rings (SSSR count). The Balaban J connectivity index is 1.17. The smallest absolute Gasteiger partial charge is 0.208 e. The van der Waals surface area contributed by atoms with Gasteiger partial charge in [0.1, 0.15) is 11.5 Å². The van der Waals surface area contributed by atoms with Crippen molar-refractivity contribution < 1.29 is 30.3 Å². The van der Waals surface area contributed by atoms with Gasteiger partial charge < -0.3 is 30.3 Å². The molecule has 55 heavy (non-hydrogen) atoms. The van der Waals surface area contributed by atoms with E-state index in [4.69, 9.17) is 4.74 Å². The minimum atomic E-state index is -0.997. The first-order valence-electron chi connectivity index (χ1n) is 17.9. The van der Waals surface area contributed by atoms with Gasteiger partial charge in [-0.3, -0.25) is 0 Å². The lowest BCUT2D eigenvalue weighted by Gasteiger charge is -2.19. The molecule has 8 aromatic rings. The highest BCUT2D eigenvalue weighted by atomic mass is 16.5. The Morgan fingerprint density at radius 1 is 0.436 bits per heavy atom. The zero-order valence-electron chi connectivity index (χ0n) is 29.5. The van der Waals surface area contributed by atoms with Gasteiger partial charge in [-0.2, -0.15) is 0 Å². The van der Waals surface area contributed by atoms with Gasteiger partial charge in [-0.25, -0.2) is 0 Å². The third-order valence-corrected chi connectivity index (χ3v) is 10.5. The molecule has 0 amide bonds. The maximum Gasteiger partial charge on any atom is 0.208 e. The van der Waals surface area contributed by atoms with E-state index in [1.807, 2.05) is 60.7 Å². The second-order valence-electron chi connectivity index (χ2n) is 13.6. The summed E-state index contributed by atoms with van der Waals surface area (Å²) in [7, 11) is 0. The first kappa shape index (κ1) is 33.4. The third-order valence-electron chi connectivity index (χ3n) is 10.5. The molecule has 0 bridgehead atoms. The van der Waals surface area contributed by atoms with E-state index in [0.717, 1.165) is 77.4 Å². The summed E-state index contributed by atoms with van der Waals surface area (Å²) in [5, 5.41) is 56.1. The number of allylic oxidation sites excluding steroid dienone is 1. The van der Waals surface area contributed by atoms with Crippen LogP contribution in [-0.2, 0) is 6.42 Å². The van der Waals surface area contributed by atoms with Gasteiger partial charge in [0, 0.05) is 11.1 Å². The van der Waals surface area contributed by atoms with Crippen molar-refractivity contribution in [3.05, 3.63) is 169 Å². The number of ether oxygens (including phenoxy) is 1. The van der Waals surface area contributed by atoms with Crippen LogP contribution >= 0.6 is 0 Å². The van der Waals surface area contributed by atoms with Crippen molar-refractivity contribution in [3.8, 4) is 79.0 Å². The van der Waals surface area contributed by atoms with Gasteiger partial charge in [0.25, 0.3) is 0 Å². The monoisotopic (exact) mass is 718 g/mol. The Morgan fingerprint density at radius 3 is 1.56 bits per heavy atom. The zero-order valence-corrected chi connectivity index (χ0v) is 29.5. The fraction of sp³-hybridized carbons (Fsp3) is 0.0204. The summed E-state index contributed by atoms with van der Waals surface area (Å²) >= 11 is 0. The summed E-state index contributed by atoms with van der Waals surface area (Å²) in [5.74, 6) is -2.92. The van der Waals surface area contributed by atoms with E-state index in [1.165, 1.54) is 0 Å². The van der Waals surface area contributed by atoms with Crippen molar-refractivity contribution >= 4 is 33.4 Å². The summed E-state index contributed by atoms with van der Waals surface area (Å²) in [6.07, 6.45) is 5.00. The van der Waals surface area contributed by atoms with Crippen LogP contribution in [0, 0.1) is 0 Å². The highest BCUT2D eigenvalue weighted by molar-refractivity contribution is 6.21. The van der Waals surface area contributed by atoms with Crippen LogP contribution in [-0.4, -0.2) is 25.5 Å². The molecule has 0 aromatic heterocycles. The fourth-order valence-electron chi connectivity index (χ4n) is 7.89. The van der Waals surface area contributed by atoms with Crippen molar-refractivity contribution in [1.82, 2.24) is 0 Å². The van der Waals surface area contributed by atoms with Gasteiger partial charge in [-0.05, 0) is 84.6 Å². The zero-order chi connectivity index (χ0) is 37.8. The van der Waals surface area contributed by atoms with Gasteiger partial charge in [0.2, 0.25) is 17.2 Å². The van der Waals surface area contributed by atoms with E-state index in [1.54, 1.807) is 18.2 Å². The molecule has 0 spiro atoms. The van der Waals surface area contributed by atoms with Crippen LogP contribution in [0.1, 0.15) is 16.7 Å². The Hall–Kier alpha value is -7.44. The molecule has 1 heterocycles. The van der Waals surface area contributed by atoms with Crippen molar-refractivity contribution in [1.29, 1.82) is 0 Å².